The molecule has 2 heterocycles. The van der Waals surface area contributed by atoms with Crippen molar-refractivity contribution in [3.63, 3.8) is 0 Å². The van der Waals surface area contributed by atoms with Crippen LogP contribution < -0.4 is 27.0 Å². The minimum Gasteiger partial charge on any atom is -0.427 e. The number of H-pyrrole nitrogens is 1. The van der Waals surface area contributed by atoms with Gasteiger partial charge in [0.2, 0.25) is 11.9 Å². The number of aromatic nitrogens is 4. The zero-order valence-electron chi connectivity index (χ0n) is 37.4. The van der Waals surface area contributed by atoms with Gasteiger partial charge in [0.25, 0.3) is 23.0 Å². The van der Waals surface area contributed by atoms with Crippen LogP contribution in [0, 0.1) is 5.41 Å². The number of aliphatic hydroxyl groups excluding tert-OH is 12. The summed E-state index contributed by atoms with van der Waals surface area (Å²) in [5, 5.41) is 149. The number of rotatable bonds is 18. The van der Waals surface area contributed by atoms with E-state index in [2.05, 4.69) is 30.6 Å². The summed E-state index contributed by atoms with van der Waals surface area (Å²) in [4.78, 5) is 98.4. The van der Waals surface area contributed by atoms with Gasteiger partial charge < -0.3 is 102 Å². The van der Waals surface area contributed by atoms with Crippen LogP contribution in [0.5, 0.6) is 0 Å². The van der Waals surface area contributed by atoms with Gasteiger partial charge in [-0.25, -0.2) is 24.6 Å². The summed E-state index contributed by atoms with van der Waals surface area (Å²) in [6.07, 6.45) is -27.9. The van der Waals surface area contributed by atoms with Crippen molar-refractivity contribution in [2.45, 2.75) is 124 Å². The van der Waals surface area contributed by atoms with E-state index in [0.29, 0.717) is 0 Å². The SMILES string of the molecule is CC(C)(CO)[C@@H](O)C(=O)NCCC(=O)ON(Cc1cnc2nc(N)[nH]c(=O)c2n1)c1ccc(C(=O)N[C@@H](CCC(=O)OC2(O)[C@H](O)[C@H](O)C(O)[C@H](O)[C@H]2O)C(=O)OC2(O)[C@H](O)[C@H](O)C(O)[C@H](O)[C@H]2O)cc1. The molecular formula is C40H54N8O23. The molecule has 0 saturated heterocycles. The number of carbonyl (C=O) groups excluding carboxylic acids is 5. The number of esters is 2. The van der Waals surface area contributed by atoms with Crippen LogP contribution in [-0.2, 0) is 40.0 Å². The lowest BCUT2D eigenvalue weighted by molar-refractivity contribution is -0.348. The number of amides is 2. The summed E-state index contributed by atoms with van der Waals surface area (Å²) < 4.78 is 9.61. The van der Waals surface area contributed by atoms with Gasteiger partial charge in [0, 0.05) is 23.9 Å². The maximum absolute atomic E-state index is 13.7. The molecule has 3 aromatic rings. The Morgan fingerprint density at radius 2 is 1.34 bits per heavy atom. The third-order valence-corrected chi connectivity index (χ3v) is 11.6. The quantitative estimate of drug-likeness (QED) is 0.0320. The Morgan fingerprint density at radius 1 is 0.803 bits per heavy atom. The van der Waals surface area contributed by atoms with Gasteiger partial charge in [0.15, 0.2) is 35.6 Å². The van der Waals surface area contributed by atoms with E-state index in [1.54, 1.807) is 0 Å². The largest absolute Gasteiger partial charge is 0.427 e. The number of nitrogens with one attached hydrogen (secondary N) is 3. The Bertz CT molecular complexity index is 2450. The number of hydrogen-bond donors (Lipinski definition) is 18. The maximum atomic E-state index is 13.7. The summed E-state index contributed by atoms with van der Waals surface area (Å²) in [5.41, 5.74) is 2.85. The Morgan fingerprint density at radius 3 is 1.87 bits per heavy atom. The number of aromatic amines is 1. The van der Waals surface area contributed by atoms with Crippen molar-refractivity contribution >= 4 is 52.5 Å². The van der Waals surface area contributed by atoms with Gasteiger partial charge in [0.1, 0.15) is 55.3 Å². The maximum Gasteiger partial charge on any atom is 0.334 e. The van der Waals surface area contributed by atoms with Crippen molar-refractivity contribution < 1.29 is 110 Å². The van der Waals surface area contributed by atoms with Crippen molar-refractivity contribution in [1.82, 2.24) is 30.6 Å². The molecule has 2 aliphatic carbocycles. The molecule has 0 radical (unpaired) electrons. The molecule has 0 aliphatic heterocycles. The standard InChI is InChI=1S/C40H54N8O23/c1-38(2,13-49)31(62)35(65)42-10-9-19(51)71-48(12-15-11-43-32-20(44-15)34(64)47-37(41)46-32)16-5-3-14(4-6-16)33(63)45-17(36(66)70-40(68)29(60)25(56)22(53)26(57)30(40)61)7-8-18(50)69-39(67)27(58)23(54)21(52)24(55)28(39)59/h3-6,11,17,21-31,49,52-62,67-68H,7-10,12-13H2,1-2H3,(H,42,65)(H,45,63)(H3,41,43,46,47,64)/t17-,21?,22?,23-,24+,25-,26+,27+,28+,29+,30+,31-,39?,40?/m0/s1. The molecule has 14 atom stereocenters. The Hall–Kier alpha value is -6.17. The normalized spacial score (nSPS) is 29.6. The highest BCUT2D eigenvalue weighted by Crippen LogP contribution is 2.34. The number of ether oxygens (including phenoxy) is 2. The molecule has 19 N–H and O–H groups in total. The first-order chi connectivity index (χ1) is 33.1. The molecule has 0 bridgehead atoms. The van der Waals surface area contributed by atoms with Crippen LogP contribution in [0.15, 0.2) is 35.3 Å². The minimum absolute atomic E-state index is 0.000656. The zero-order chi connectivity index (χ0) is 53.1. The molecular weight excluding hydrogens is 960 g/mol. The molecule has 2 saturated carbocycles. The number of nitrogen functional groups attached to an aromatic ring is 1. The number of hydroxylamine groups is 1. The Labute approximate surface area is 398 Å². The monoisotopic (exact) mass is 1010 g/mol. The molecule has 392 valence electrons. The number of fused-ring (bicyclic) bond motifs is 1. The van der Waals surface area contributed by atoms with Crippen LogP contribution in [0.4, 0.5) is 11.6 Å². The van der Waals surface area contributed by atoms with Crippen LogP contribution in [0.2, 0.25) is 0 Å². The number of benzene rings is 1. The van der Waals surface area contributed by atoms with E-state index in [1.807, 2.05) is 0 Å². The first kappa shape index (κ1) is 55.8. The van der Waals surface area contributed by atoms with Gasteiger partial charge in [-0.05, 0) is 30.7 Å². The first-order valence-corrected chi connectivity index (χ1v) is 21.2. The lowest BCUT2D eigenvalue weighted by Crippen LogP contribution is -2.72. The highest BCUT2D eigenvalue weighted by atomic mass is 16.7. The predicted octanol–water partition coefficient (Wildman–Crippen LogP) is -9.38. The van der Waals surface area contributed by atoms with Gasteiger partial charge in [-0.2, -0.15) is 4.98 Å². The second-order valence-electron chi connectivity index (χ2n) is 17.3. The van der Waals surface area contributed by atoms with Crippen LogP contribution in [0.1, 0.15) is 49.2 Å². The van der Waals surface area contributed by atoms with E-state index in [9.17, 15) is 100 Å². The number of carbonyl (C=O) groups is 5. The van der Waals surface area contributed by atoms with Gasteiger partial charge >= 0.3 is 17.9 Å². The molecule has 5 rings (SSSR count). The number of nitrogens with two attached hydrogens (primary N) is 1. The molecule has 1 aromatic carbocycles. The third-order valence-electron chi connectivity index (χ3n) is 11.6. The second kappa shape index (κ2) is 22.1. The highest BCUT2D eigenvalue weighted by molar-refractivity contribution is 5.97. The molecule has 2 fully saturated rings. The van der Waals surface area contributed by atoms with E-state index in [4.69, 9.17) is 20.0 Å². The number of aliphatic hydroxyl groups is 14. The molecule has 2 aromatic heterocycles. The van der Waals surface area contributed by atoms with E-state index in [-0.39, 0.29) is 40.6 Å². The van der Waals surface area contributed by atoms with E-state index in [1.165, 1.54) is 32.2 Å². The van der Waals surface area contributed by atoms with Crippen molar-refractivity contribution in [3.05, 3.63) is 52.1 Å². The molecule has 4 unspecified atom stereocenters. The number of hydrogen-bond acceptors (Lipinski definition) is 28. The fourth-order valence-corrected chi connectivity index (χ4v) is 7.08. The van der Waals surface area contributed by atoms with Gasteiger partial charge in [-0.15, -0.1) is 0 Å². The van der Waals surface area contributed by atoms with E-state index < -0.39 is 158 Å². The average molecular weight is 1010 g/mol. The number of nitrogens with zero attached hydrogens (tertiary/aromatic N) is 4. The first-order valence-electron chi connectivity index (χ1n) is 21.2. The van der Waals surface area contributed by atoms with Crippen molar-refractivity contribution in [2.75, 3.05) is 23.9 Å². The van der Waals surface area contributed by atoms with Gasteiger partial charge in [-0.3, -0.25) is 24.2 Å². The molecule has 31 nitrogen and oxygen atoms in total. The molecule has 31 heteroatoms. The van der Waals surface area contributed by atoms with E-state index >= 15 is 0 Å². The van der Waals surface area contributed by atoms with Crippen molar-refractivity contribution in [1.29, 1.82) is 0 Å². The van der Waals surface area contributed by atoms with Crippen LogP contribution in [0.25, 0.3) is 11.2 Å². The minimum atomic E-state index is -3.60. The van der Waals surface area contributed by atoms with Crippen LogP contribution in [0.3, 0.4) is 0 Å². The molecule has 2 aliphatic rings. The average Bonchev–Trinajstić information content (AvgIpc) is 3.33. The molecule has 0 spiro atoms. The predicted molar refractivity (Wildman–Crippen MR) is 228 cm³/mol. The zero-order valence-corrected chi connectivity index (χ0v) is 37.4. The smallest absolute Gasteiger partial charge is 0.334 e. The molecule has 71 heavy (non-hydrogen) atoms. The summed E-state index contributed by atoms with van der Waals surface area (Å²) in [6, 6.07) is 2.34. The van der Waals surface area contributed by atoms with Crippen molar-refractivity contribution in [3.8, 4) is 0 Å². The van der Waals surface area contributed by atoms with Crippen LogP contribution in [-0.4, -0.2) is 219 Å². The van der Waals surface area contributed by atoms with Crippen LogP contribution >= 0.6 is 0 Å². The lowest BCUT2D eigenvalue weighted by Gasteiger charge is -2.46. The fraction of sp³-hybridized carbons (Fsp3) is 0.575. The summed E-state index contributed by atoms with van der Waals surface area (Å²) >= 11 is 0. The third kappa shape index (κ3) is 12.0. The fourth-order valence-electron chi connectivity index (χ4n) is 7.08. The van der Waals surface area contributed by atoms with E-state index in [0.717, 1.165) is 17.2 Å². The Balaban J connectivity index is 1.39. The second-order valence-corrected chi connectivity index (χ2v) is 17.3. The van der Waals surface area contributed by atoms with Crippen molar-refractivity contribution in [2.24, 2.45) is 5.41 Å². The topological polar surface area (TPSA) is 521 Å². The molecule has 2 amide bonds. The van der Waals surface area contributed by atoms with Gasteiger partial charge in [0.05, 0.1) is 30.6 Å². The Kier molecular flexibility index (Phi) is 17.3. The summed E-state index contributed by atoms with van der Waals surface area (Å²) in [6.45, 7) is 1.49. The lowest BCUT2D eigenvalue weighted by atomic mass is 9.82. The summed E-state index contributed by atoms with van der Waals surface area (Å²) in [5.74, 6) is -13.8. The highest BCUT2D eigenvalue weighted by Gasteiger charge is 2.62. The van der Waals surface area contributed by atoms with Gasteiger partial charge in [-0.1, -0.05) is 13.8 Å². The summed E-state index contributed by atoms with van der Waals surface area (Å²) in [7, 11) is 0. The number of anilines is 2.